The normalized spacial score (nSPS) is 13.3. The number of fused-ring (bicyclic) bond motifs is 1. The fourth-order valence-electron chi connectivity index (χ4n) is 3.06. The highest BCUT2D eigenvalue weighted by molar-refractivity contribution is 7.85. The number of rotatable bonds is 6. The third kappa shape index (κ3) is 3.71. The van der Waals surface area contributed by atoms with E-state index in [0.29, 0.717) is 16.2 Å². The summed E-state index contributed by atoms with van der Waals surface area (Å²) in [6, 6.07) is 14.1. The van der Waals surface area contributed by atoms with Crippen molar-refractivity contribution in [2.24, 2.45) is 0 Å². The van der Waals surface area contributed by atoms with Crippen molar-refractivity contribution in [3.8, 4) is 0 Å². The molecule has 0 bridgehead atoms. The second kappa shape index (κ2) is 7.88. The maximum absolute atomic E-state index is 12.9. The van der Waals surface area contributed by atoms with E-state index in [4.69, 9.17) is 4.74 Å². The molecule has 140 valence electrons. The quantitative estimate of drug-likeness (QED) is 0.515. The standard InChI is InChI=1S/C21H21NO4S/c1-4-27(25)18-12-8-6-10-16(18)21(24)26-14(3)20(23)19-13(2)22-17-11-7-5-9-15(17)19/h5-12,14,22H,4H2,1-3H3/t14-,27-/m1/s1. The molecule has 0 aliphatic carbocycles. The lowest BCUT2D eigenvalue weighted by atomic mass is 10.0. The number of nitrogens with one attached hydrogen (secondary N) is 1. The number of ketones is 1. The summed E-state index contributed by atoms with van der Waals surface area (Å²) < 4.78 is 17.6. The number of carbonyl (C=O) groups is 2. The van der Waals surface area contributed by atoms with Crippen LogP contribution in [0.1, 0.15) is 40.3 Å². The van der Waals surface area contributed by atoms with Crippen molar-refractivity contribution in [3.05, 3.63) is 65.4 Å². The first kappa shape index (κ1) is 19.0. The minimum Gasteiger partial charge on any atom is -0.451 e. The molecule has 3 rings (SSSR count). The van der Waals surface area contributed by atoms with Crippen LogP contribution >= 0.6 is 0 Å². The van der Waals surface area contributed by atoms with Crippen LogP contribution in [0.25, 0.3) is 10.9 Å². The molecule has 3 aromatic rings. The van der Waals surface area contributed by atoms with Crippen LogP contribution in [0.5, 0.6) is 0 Å². The largest absolute Gasteiger partial charge is 0.451 e. The summed E-state index contributed by atoms with van der Waals surface area (Å²) in [4.78, 5) is 29.1. The van der Waals surface area contributed by atoms with E-state index in [-0.39, 0.29) is 11.3 Å². The second-order valence-electron chi connectivity index (χ2n) is 6.21. The molecule has 27 heavy (non-hydrogen) atoms. The highest BCUT2D eigenvalue weighted by Crippen LogP contribution is 2.24. The van der Waals surface area contributed by atoms with E-state index in [2.05, 4.69) is 4.98 Å². The number of hydrogen-bond donors (Lipinski definition) is 1. The number of H-pyrrole nitrogens is 1. The average Bonchev–Trinajstić information content (AvgIpc) is 3.02. The van der Waals surface area contributed by atoms with E-state index in [9.17, 15) is 13.8 Å². The van der Waals surface area contributed by atoms with Crippen LogP contribution in [-0.4, -0.2) is 32.8 Å². The van der Waals surface area contributed by atoms with Crippen LogP contribution < -0.4 is 0 Å². The van der Waals surface area contributed by atoms with Crippen molar-refractivity contribution in [1.82, 2.24) is 4.98 Å². The SMILES string of the molecule is CC[S@@](=O)c1ccccc1C(=O)O[C@H](C)C(=O)c1c(C)[nH]c2ccccc12. The average molecular weight is 383 g/mol. The molecule has 2 aromatic carbocycles. The minimum atomic E-state index is -1.29. The van der Waals surface area contributed by atoms with Crippen molar-refractivity contribution in [3.63, 3.8) is 0 Å². The lowest BCUT2D eigenvalue weighted by molar-refractivity contribution is 0.0315. The first-order chi connectivity index (χ1) is 12.9. The molecule has 0 aliphatic rings. The Morgan fingerprint density at radius 3 is 2.52 bits per heavy atom. The van der Waals surface area contributed by atoms with Crippen molar-refractivity contribution in [2.45, 2.75) is 31.8 Å². The first-order valence-electron chi connectivity index (χ1n) is 8.74. The van der Waals surface area contributed by atoms with Crippen LogP contribution in [-0.2, 0) is 15.5 Å². The van der Waals surface area contributed by atoms with E-state index >= 15 is 0 Å². The second-order valence-corrected chi connectivity index (χ2v) is 7.92. The molecule has 1 N–H and O–H groups in total. The molecule has 0 amide bonds. The fourth-order valence-corrected chi connectivity index (χ4v) is 4.00. The van der Waals surface area contributed by atoms with Gasteiger partial charge in [-0.1, -0.05) is 37.3 Å². The summed E-state index contributed by atoms with van der Waals surface area (Å²) in [5.41, 5.74) is 2.35. The van der Waals surface area contributed by atoms with E-state index in [0.717, 1.165) is 16.6 Å². The Morgan fingerprint density at radius 1 is 1.11 bits per heavy atom. The van der Waals surface area contributed by atoms with E-state index in [1.807, 2.05) is 31.2 Å². The maximum Gasteiger partial charge on any atom is 0.340 e. The molecule has 0 aliphatic heterocycles. The monoisotopic (exact) mass is 383 g/mol. The number of aromatic nitrogens is 1. The first-order valence-corrected chi connectivity index (χ1v) is 10.1. The molecule has 6 heteroatoms. The Morgan fingerprint density at radius 2 is 1.78 bits per heavy atom. The van der Waals surface area contributed by atoms with Gasteiger partial charge in [0.15, 0.2) is 6.10 Å². The number of aromatic amines is 1. The number of Topliss-reactive ketones (excluding diaryl/α,β-unsaturated/α-hetero) is 1. The molecule has 0 saturated heterocycles. The number of esters is 1. The third-order valence-electron chi connectivity index (χ3n) is 4.41. The lowest BCUT2D eigenvalue weighted by Gasteiger charge is -2.14. The highest BCUT2D eigenvalue weighted by Gasteiger charge is 2.26. The number of carbonyl (C=O) groups excluding carboxylic acids is 2. The number of hydrogen-bond acceptors (Lipinski definition) is 4. The van der Waals surface area contributed by atoms with Crippen molar-refractivity contribution >= 4 is 33.5 Å². The predicted molar refractivity (Wildman–Crippen MR) is 106 cm³/mol. The zero-order valence-electron chi connectivity index (χ0n) is 15.4. The maximum atomic E-state index is 12.9. The van der Waals surface area contributed by atoms with Crippen LogP contribution in [0, 0.1) is 6.92 Å². The van der Waals surface area contributed by atoms with Gasteiger partial charge in [-0.15, -0.1) is 0 Å². The number of benzene rings is 2. The minimum absolute atomic E-state index is 0.230. The predicted octanol–water partition coefficient (Wildman–Crippen LogP) is 4.03. The van der Waals surface area contributed by atoms with Crippen LogP contribution in [0.15, 0.2) is 53.4 Å². The van der Waals surface area contributed by atoms with Gasteiger partial charge < -0.3 is 9.72 Å². The van der Waals surface area contributed by atoms with E-state index < -0.39 is 22.9 Å². The summed E-state index contributed by atoms with van der Waals surface area (Å²) in [5, 5.41) is 0.801. The van der Waals surface area contributed by atoms with Crippen LogP contribution in [0.3, 0.4) is 0 Å². The molecular formula is C21H21NO4S. The fraction of sp³-hybridized carbons (Fsp3) is 0.238. The van der Waals surface area contributed by atoms with Gasteiger partial charge >= 0.3 is 5.97 Å². The van der Waals surface area contributed by atoms with Gasteiger partial charge in [-0.2, -0.15) is 0 Å². The molecule has 1 aromatic heterocycles. The Balaban J connectivity index is 1.86. The van der Waals surface area contributed by atoms with Gasteiger partial charge in [0.2, 0.25) is 5.78 Å². The Bertz CT molecular complexity index is 1040. The summed E-state index contributed by atoms with van der Waals surface area (Å²) in [7, 11) is -1.29. The van der Waals surface area contributed by atoms with Gasteiger partial charge in [-0.05, 0) is 32.0 Å². The number of aryl methyl sites for hydroxylation is 1. The van der Waals surface area contributed by atoms with E-state index in [1.165, 1.54) is 0 Å². The Hall–Kier alpha value is -2.73. The summed E-state index contributed by atoms with van der Waals surface area (Å²) >= 11 is 0. The van der Waals surface area contributed by atoms with Gasteiger partial charge in [0.05, 0.1) is 21.3 Å². The molecule has 1 heterocycles. The van der Waals surface area contributed by atoms with Gasteiger partial charge in [0.1, 0.15) is 0 Å². The van der Waals surface area contributed by atoms with Crippen LogP contribution in [0.4, 0.5) is 0 Å². The smallest absolute Gasteiger partial charge is 0.340 e. The molecule has 0 unspecified atom stereocenters. The molecule has 0 fully saturated rings. The number of ether oxygens (including phenoxy) is 1. The summed E-state index contributed by atoms with van der Waals surface area (Å²) in [6.07, 6.45) is -0.960. The Labute approximate surface area is 160 Å². The van der Waals surface area contributed by atoms with Crippen LogP contribution in [0.2, 0.25) is 0 Å². The molecule has 5 nitrogen and oxygen atoms in total. The van der Waals surface area contributed by atoms with Crippen molar-refractivity contribution in [1.29, 1.82) is 0 Å². The van der Waals surface area contributed by atoms with Gasteiger partial charge in [0, 0.05) is 27.9 Å². The van der Waals surface area contributed by atoms with Crippen molar-refractivity contribution in [2.75, 3.05) is 5.75 Å². The molecule has 2 atom stereocenters. The third-order valence-corrected chi connectivity index (χ3v) is 5.78. The zero-order chi connectivity index (χ0) is 19.6. The van der Waals surface area contributed by atoms with Gasteiger partial charge in [-0.3, -0.25) is 9.00 Å². The van der Waals surface area contributed by atoms with Gasteiger partial charge in [0.25, 0.3) is 0 Å². The molecule has 0 saturated carbocycles. The lowest BCUT2D eigenvalue weighted by Crippen LogP contribution is -2.25. The van der Waals surface area contributed by atoms with Crippen molar-refractivity contribution < 1.29 is 18.5 Å². The molecule has 0 radical (unpaired) electrons. The topological polar surface area (TPSA) is 76.2 Å². The molecular weight excluding hydrogens is 362 g/mol. The van der Waals surface area contributed by atoms with E-state index in [1.54, 1.807) is 38.1 Å². The summed E-state index contributed by atoms with van der Waals surface area (Å²) in [5.74, 6) is -0.522. The van der Waals surface area contributed by atoms with Gasteiger partial charge in [-0.25, -0.2) is 4.79 Å². The zero-order valence-corrected chi connectivity index (χ0v) is 16.3. The highest BCUT2D eigenvalue weighted by atomic mass is 32.2. The number of para-hydroxylation sites is 1. The Kier molecular flexibility index (Phi) is 5.56. The summed E-state index contributed by atoms with van der Waals surface area (Å²) in [6.45, 7) is 5.16. The molecule has 0 spiro atoms.